The molecule has 0 bridgehead atoms. The van der Waals surface area contributed by atoms with Gasteiger partial charge >= 0.3 is 0 Å². The molecule has 6 rings (SSSR count). The number of aryl methyl sites for hydroxylation is 1. The van der Waals surface area contributed by atoms with Gasteiger partial charge in [-0.1, -0.05) is 81.4 Å². The van der Waals surface area contributed by atoms with Crippen LogP contribution in [0.3, 0.4) is 0 Å². The third-order valence-corrected chi connectivity index (χ3v) is 7.37. The molecule has 2 aliphatic rings. The van der Waals surface area contributed by atoms with Crippen LogP contribution in [0.4, 0.5) is 0 Å². The molecule has 0 fully saturated rings. The van der Waals surface area contributed by atoms with Gasteiger partial charge in [0.1, 0.15) is 11.6 Å². The second-order valence-corrected chi connectivity index (χ2v) is 9.60. The van der Waals surface area contributed by atoms with Crippen LogP contribution in [0.15, 0.2) is 83.7 Å². The molecule has 6 heteroatoms. The Bertz CT molecular complexity index is 1470. The molecule has 0 saturated carbocycles. The number of amides is 1. The fourth-order valence-electron chi connectivity index (χ4n) is 5.50. The van der Waals surface area contributed by atoms with Crippen molar-refractivity contribution in [3.05, 3.63) is 129 Å². The molecule has 0 unspecified atom stereocenters. The van der Waals surface area contributed by atoms with Crippen molar-refractivity contribution in [1.82, 2.24) is 14.5 Å². The van der Waals surface area contributed by atoms with E-state index in [0.29, 0.717) is 49.4 Å². The van der Waals surface area contributed by atoms with Crippen molar-refractivity contribution in [2.75, 3.05) is 13.2 Å². The van der Waals surface area contributed by atoms with Crippen LogP contribution in [-0.2, 0) is 25.8 Å². The Hall–Kier alpha value is -4.19. The van der Waals surface area contributed by atoms with E-state index >= 15 is 0 Å². The number of carbonyl (C=O) groups is 1. The summed E-state index contributed by atoms with van der Waals surface area (Å²) in [6, 6.07) is 25.6. The topological polar surface area (TPSA) is 64.4 Å². The van der Waals surface area contributed by atoms with Gasteiger partial charge in [0.05, 0.1) is 24.9 Å². The van der Waals surface area contributed by atoms with Gasteiger partial charge in [-0.25, -0.2) is 4.98 Å². The Morgan fingerprint density at radius 2 is 1.62 bits per heavy atom. The average Bonchev–Trinajstić information content (AvgIpc) is 3.48. The molecule has 39 heavy (non-hydrogen) atoms. The normalized spacial score (nSPS) is 13.7. The summed E-state index contributed by atoms with van der Waals surface area (Å²) in [5.41, 5.74) is 5.22. The SMILES string of the molecule is CC.CCc1nc2c(c(=O)n1C(c1ccccc1)c1ccccc1)CCN(C(=O)c1ccc3c(c1)CCO3)C2. The van der Waals surface area contributed by atoms with Crippen LogP contribution in [0.5, 0.6) is 5.75 Å². The summed E-state index contributed by atoms with van der Waals surface area (Å²) in [6.07, 6.45) is 1.92. The highest BCUT2D eigenvalue weighted by Gasteiger charge is 2.30. The number of carbonyl (C=O) groups excluding carboxylic acids is 1. The number of aromatic nitrogens is 2. The van der Waals surface area contributed by atoms with Crippen LogP contribution >= 0.6 is 0 Å². The van der Waals surface area contributed by atoms with E-state index in [4.69, 9.17) is 9.72 Å². The van der Waals surface area contributed by atoms with Crippen LogP contribution in [0.2, 0.25) is 0 Å². The van der Waals surface area contributed by atoms with Crippen molar-refractivity contribution in [1.29, 1.82) is 0 Å². The van der Waals surface area contributed by atoms with Crippen molar-refractivity contribution in [2.24, 2.45) is 0 Å². The molecule has 4 aromatic rings. The number of ether oxygens (including phenoxy) is 1. The van der Waals surface area contributed by atoms with Gasteiger partial charge in [-0.2, -0.15) is 0 Å². The number of fused-ring (bicyclic) bond motifs is 2. The Balaban J connectivity index is 0.00000151. The summed E-state index contributed by atoms with van der Waals surface area (Å²) in [6.45, 7) is 7.51. The smallest absolute Gasteiger partial charge is 0.257 e. The van der Waals surface area contributed by atoms with Gasteiger partial charge < -0.3 is 9.64 Å². The zero-order valence-corrected chi connectivity index (χ0v) is 22.9. The lowest BCUT2D eigenvalue weighted by atomic mass is 9.97. The molecule has 3 aromatic carbocycles. The predicted molar refractivity (Wildman–Crippen MR) is 153 cm³/mol. The van der Waals surface area contributed by atoms with Crippen LogP contribution in [0.1, 0.15) is 70.9 Å². The first-order chi connectivity index (χ1) is 19.1. The van der Waals surface area contributed by atoms with Crippen molar-refractivity contribution < 1.29 is 9.53 Å². The van der Waals surface area contributed by atoms with Crippen LogP contribution in [0, 0.1) is 0 Å². The van der Waals surface area contributed by atoms with Crippen LogP contribution in [-0.4, -0.2) is 33.5 Å². The summed E-state index contributed by atoms with van der Waals surface area (Å²) in [4.78, 5) is 34.2. The molecule has 0 saturated heterocycles. The van der Waals surface area contributed by atoms with Crippen molar-refractivity contribution in [3.63, 3.8) is 0 Å². The number of hydrogen-bond donors (Lipinski definition) is 0. The third kappa shape index (κ3) is 5.11. The quantitative estimate of drug-likeness (QED) is 0.343. The molecule has 0 aliphatic carbocycles. The summed E-state index contributed by atoms with van der Waals surface area (Å²) >= 11 is 0. The van der Waals surface area contributed by atoms with E-state index in [0.717, 1.165) is 34.7 Å². The van der Waals surface area contributed by atoms with Crippen molar-refractivity contribution in [3.8, 4) is 5.75 Å². The van der Waals surface area contributed by atoms with Gasteiger partial charge in [0.15, 0.2) is 0 Å². The highest BCUT2D eigenvalue weighted by Crippen LogP contribution is 2.29. The molecular weight excluding hydrogens is 486 g/mol. The Morgan fingerprint density at radius 1 is 0.949 bits per heavy atom. The van der Waals surface area contributed by atoms with E-state index in [9.17, 15) is 9.59 Å². The first kappa shape index (κ1) is 26.4. The minimum atomic E-state index is -0.268. The third-order valence-electron chi connectivity index (χ3n) is 7.37. The second kappa shape index (κ2) is 11.7. The lowest BCUT2D eigenvalue weighted by Gasteiger charge is -2.31. The first-order valence-corrected chi connectivity index (χ1v) is 13.9. The molecule has 2 aliphatic heterocycles. The van der Waals surface area contributed by atoms with E-state index in [1.165, 1.54) is 0 Å². The minimum Gasteiger partial charge on any atom is -0.493 e. The number of nitrogens with zero attached hydrogens (tertiary/aromatic N) is 3. The van der Waals surface area contributed by atoms with Crippen LogP contribution < -0.4 is 10.3 Å². The van der Waals surface area contributed by atoms with Gasteiger partial charge in [-0.15, -0.1) is 0 Å². The van der Waals surface area contributed by atoms with Crippen LogP contribution in [0.25, 0.3) is 0 Å². The highest BCUT2D eigenvalue weighted by molar-refractivity contribution is 5.94. The fraction of sp³-hybridized carbons (Fsp3) is 0.303. The maximum absolute atomic E-state index is 14.1. The Labute approximate surface area is 229 Å². The van der Waals surface area contributed by atoms with Crippen molar-refractivity contribution in [2.45, 2.75) is 52.6 Å². The lowest BCUT2D eigenvalue weighted by molar-refractivity contribution is 0.0730. The minimum absolute atomic E-state index is 0.0127. The molecule has 200 valence electrons. The maximum Gasteiger partial charge on any atom is 0.257 e. The molecule has 0 N–H and O–H groups in total. The average molecular weight is 522 g/mol. The van der Waals surface area contributed by atoms with E-state index in [-0.39, 0.29) is 17.5 Å². The number of benzene rings is 3. The Morgan fingerprint density at radius 3 is 2.26 bits per heavy atom. The fourth-order valence-corrected chi connectivity index (χ4v) is 5.50. The maximum atomic E-state index is 14.1. The van der Waals surface area contributed by atoms with E-state index in [1.54, 1.807) is 0 Å². The van der Waals surface area contributed by atoms with Gasteiger partial charge in [-0.3, -0.25) is 14.2 Å². The zero-order chi connectivity index (χ0) is 27.4. The monoisotopic (exact) mass is 521 g/mol. The van der Waals surface area contributed by atoms with Gasteiger partial charge in [0.25, 0.3) is 11.5 Å². The van der Waals surface area contributed by atoms with E-state index in [2.05, 4.69) is 24.3 Å². The number of rotatable bonds is 5. The molecule has 3 heterocycles. The van der Waals surface area contributed by atoms with E-state index in [1.807, 2.05) is 84.8 Å². The van der Waals surface area contributed by atoms with Gasteiger partial charge in [0, 0.05) is 30.5 Å². The standard InChI is InChI=1S/C31H29N3O3.C2H6/c1-2-28-32-26-20-33(30(35)24-13-14-27-23(19-24)16-18-37-27)17-15-25(26)31(36)34(28)29(21-9-5-3-6-10-21)22-11-7-4-8-12-22;1-2/h3-14,19,29H,2,15-18,20H2,1H3;1-2H3. The van der Waals surface area contributed by atoms with Crippen molar-refractivity contribution >= 4 is 5.91 Å². The molecule has 1 amide bonds. The number of hydrogen-bond acceptors (Lipinski definition) is 4. The summed E-state index contributed by atoms with van der Waals surface area (Å²) < 4.78 is 7.45. The summed E-state index contributed by atoms with van der Waals surface area (Å²) in [5, 5.41) is 0. The highest BCUT2D eigenvalue weighted by atomic mass is 16.5. The van der Waals surface area contributed by atoms with Gasteiger partial charge in [0.2, 0.25) is 0 Å². The van der Waals surface area contributed by atoms with E-state index < -0.39 is 0 Å². The summed E-state index contributed by atoms with van der Waals surface area (Å²) in [5.74, 6) is 1.56. The molecule has 1 aromatic heterocycles. The summed E-state index contributed by atoms with van der Waals surface area (Å²) in [7, 11) is 0. The largest absolute Gasteiger partial charge is 0.493 e. The second-order valence-electron chi connectivity index (χ2n) is 9.60. The zero-order valence-electron chi connectivity index (χ0n) is 22.9. The molecule has 0 radical (unpaired) electrons. The molecule has 6 nitrogen and oxygen atoms in total. The molecular formula is C33H35N3O3. The Kier molecular flexibility index (Phi) is 7.92. The molecule has 0 spiro atoms. The predicted octanol–water partition coefficient (Wildman–Crippen LogP) is 5.60. The molecule has 0 atom stereocenters. The lowest BCUT2D eigenvalue weighted by Crippen LogP contribution is -2.42. The first-order valence-electron chi connectivity index (χ1n) is 13.9. The van der Waals surface area contributed by atoms with Gasteiger partial charge in [-0.05, 0) is 41.3 Å².